The molecule has 0 radical (unpaired) electrons. The minimum Gasteiger partial charge on any atom is -0.492 e. The molecule has 1 aliphatic rings. The van der Waals surface area contributed by atoms with Crippen LogP contribution in [0.3, 0.4) is 0 Å². The molecule has 1 aromatic rings. The predicted molar refractivity (Wildman–Crippen MR) is 72.9 cm³/mol. The molecular weight excluding hydrogens is 298 g/mol. The number of fused-ring (bicyclic) bond motifs is 1. The van der Waals surface area contributed by atoms with E-state index in [-0.39, 0.29) is 6.04 Å². The van der Waals surface area contributed by atoms with E-state index >= 15 is 0 Å². The van der Waals surface area contributed by atoms with Gasteiger partial charge in [0.15, 0.2) is 0 Å². The van der Waals surface area contributed by atoms with Crippen molar-refractivity contribution in [2.45, 2.75) is 18.6 Å². The first-order chi connectivity index (χ1) is 8.72. The van der Waals surface area contributed by atoms with Crippen LogP contribution in [0.5, 0.6) is 5.75 Å². The zero-order chi connectivity index (χ0) is 13.0. The second-order valence-electron chi connectivity index (χ2n) is 4.37. The Morgan fingerprint density at radius 3 is 3.22 bits per heavy atom. The smallest absolute Gasteiger partial charge is 0.138 e. The average Bonchev–Trinajstić information content (AvgIpc) is 2.37. The van der Waals surface area contributed by atoms with Gasteiger partial charge in [0, 0.05) is 31.7 Å². The number of rotatable bonds is 5. The van der Waals surface area contributed by atoms with E-state index in [2.05, 4.69) is 27.3 Å². The maximum absolute atomic E-state index is 9.65. The fraction of sp³-hybridized carbons (Fsp3) is 0.538. The van der Waals surface area contributed by atoms with E-state index in [0.717, 1.165) is 22.2 Å². The van der Waals surface area contributed by atoms with Gasteiger partial charge < -0.3 is 19.9 Å². The topological polar surface area (TPSA) is 50.7 Å². The third-order valence-corrected chi connectivity index (χ3v) is 3.61. The summed E-state index contributed by atoms with van der Waals surface area (Å²) in [6.07, 6.45) is 0.428. The molecule has 2 N–H and O–H groups in total. The largest absolute Gasteiger partial charge is 0.492 e. The highest BCUT2D eigenvalue weighted by atomic mass is 79.9. The molecule has 100 valence electrons. The lowest BCUT2D eigenvalue weighted by atomic mass is 10.0. The van der Waals surface area contributed by atoms with Crippen molar-refractivity contribution in [2.24, 2.45) is 0 Å². The molecule has 0 saturated carbocycles. The van der Waals surface area contributed by atoms with E-state index < -0.39 is 6.10 Å². The van der Waals surface area contributed by atoms with Crippen LogP contribution in [-0.4, -0.2) is 38.1 Å². The van der Waals surface area contributed by atoms with Gasteiger partial charge >= 0.3 is 0 Å². The fourth-order valence-electron chi connectivity index (χ4n) is 2.13. The van der Waals surface area contributed by atoms with E-state index in [1.54, 1.807) is 7.11 Å². The van der Waals surface area contributed by atoms with Crippen molar-refractivity contribution in [3.8, 4) is 5.75 Å². The van der Waals surface area contributed by atoms with Crippen LogP contribution in [0.1, 0.15) is 18.0 Å². The van der Waals surface area contributed by atoms with Crippen molar-refractivity contribution in [2.75, 3.05) is 26.9 Å². The van der Waals surface area contributed by atoms with Gasteiger partial charge in [-0.2, -0.15) is 0 Å². The second-order valence-corrected chi connectivity index (χ2v) is 5.22. The van der Waals surface area contributed by atoms with E-state index in [4.69, 9.17) is 9.47 Å². The van der Waals surface area contributed by atoms with Crippen molar-refractivity contribution in [1.82, 2.24) is 5.32 Å². The summed E-state index contributed by atoms with van der Waals surface area (Å²) in [6, 6.07) is 6.25. The molecular formula is C13H18BrNO3. The Morgan fingerprint density at radius 2 is 2.44 bits per heavy atom. The monoisotopic (exact) mass is 315 g/mol. The Bertz CT molecular complexity index is 400. The van der Waals surface area contributed by atoms with Crippen LogP contribution in [0, 0.1) is 0 Å². The molecule has 0 saturated heterocycles. The molecule has 0 fully saturated rings. The van der Waals surface area contributed by atoms with Crippen molar-refractivity contribution in [1.29, 1.82) is 0 Å². The zero-order valence-corrected chi connectivity index (χ0v) is 11.9. The normalized spacial score (nSPS) is 20.1. The third kappa shape index (κ3) is 3.23. The number of aliphatic hydroxyl groups excluding tert-OH is 1. The lowest BCUT2D eigenvalue weighted by Crippen LogP contribution is -2.35. The van der Waals surface area contributed by atoms with Gasteiger partial charge in [0.25, 0.3) is 0 Å². The SMILES string of the molecule is COCC(O)CNC1CCOc2c(Br)cccc21. The summed E-state index contributed by atoms with van der Waals surface area (Å²) in [6.45, 7) is 1.56. The highest BCUT2D eigenvalue weighted by molar-refractivity contribution is 9.10. The van der Waals surface area contributed by atoms with Crippen LogP contribution in [0.15, 0.2) is 22.7 Å². The first-order valence-corrected chi connectivity index (χ1v) is 6.83. The summed E-state index contributed by atoms with van der Waals surface area (Å²) in [5, 5.41) is 13.0. The van der Waals surface area contributed by atoms with Crippen LogP contribution < -0.4 is 10.1 Å². The maximum Gasteiger partial charge on any atom is 0.138 e. The van der Waals surface area contributed by atoms with Crippen molar-refractivity contribution in [3.05, 3.63) is 28.2 Å². The highest BCUT2D eigenvalue weighted by Crippen LogP contribution is 2.37. The average molecular weight is 316 g/mol. The molecule has 1 aromatic carbocycles. The van der Waals surface area contributed by atoms with Gasteiger partial charge in [-0.15, -0.1) is 0 Å². The lowest BCUT2D eigenvalue weighted by molar-refractivity contribution is 0.0614. The molecule has 0 aromatic heterocycles. The Balaban J connectivity index is 2.02. The van der Waals surface area contributed by atoms with E-state index in [0.29, 0.717) is 19.8 Å². The second kappa shape index (κ2) is 6.52. The third-order valence-electron chi connectivity index (χ3n) is 2.98. The number of halogens is 1. The molecule has 2 atom stereocenters. The van der Waals surface area contributed by atoms with E-state index in [1.807, 2.05) is 12.1 Å². The molecule has 1 aliphatic heterocycles. The van der Waals surface area contributed by atoms with Gasteiger partial charge in [-0.1, -0.05) is 12.1 Å². The summed E-state index contributed by atoms with van der Waals surface area (Å²) in [5.41, 5.74) is 1.14. The molecule has 2 unspecified atom stereocenters. The molecule has 4 nitrogen and oxygen atoms in total. The number of ether oxygens (including phenoxy) is 2. The van der Waals surface area contributed by atoms with Gasteiger partial charge in [-0.3, -0.25) is 0 Å². The zero-order valence-electron chi connectivity index (χ0n) is 10.4. The molecule has 18 heavy (non-hydrogen) atoms. The number of hydrogen-bond donors (Lipinski definition) is 2. The first kappa shape index (κ1) is 13.8. The van der Waals surface area contributed by atoms with Crippen molar-refractivity contribution < 1.29 is 14.6 Å². The molecule has 5 heteroatoms. The predicted octanol–water partition coefficient (Wildman–Crippen LogP) is 1.87. The Labute approximate surface area is 115 Å². The number of para-hydroxylation sites is 1. The molecule has 0 spiro atoms. The summed E-state index contributed by atoms with van der Waals surface area (Å²) in [5.74, 6) is 0.905. The Kier molecular flexibility index (Phi) is 5.00. The minimum atomic E-state index is -0.478. The molecule has 1 heterocycles. The van der Waals surface area contributed by atoms with Crippen LogP contribution in [0.2, 0.25) is 0 Å². The van der Waals surface area contributed by atoms with Gasteiger partial charge in [-0.25, -0.2) is 0 Å². The molecule has 2 rings (SSSR count). The summed E-state index contributed by atoms with van der Waals surface area (Å²) in [7, 11) is 1.59. The summed E-state index contributed by atoms with van der Waals surface area (Å²) < 4.78 is 11.6. The number of methoxy groups -OCH3 is 1. The quantitative estimate of drug-likeness (QED) is 0.871. The number of nitrogens with one attached hydrogen (secondary N) is 1. The van der Waals surface area contributed by atoms with E-state index in [9.17, 15) is 5.11 Å². The van der Waals surface area contributed by atoms with Crippen molar-refractivity contribution in [3.63, 3.8) is 0 Å². The van der Waals surface area contributed by atoms with Gasteiger partial charge in [0.2, 0.25) is 0 Å². The van der Waals surface area contributed by atoms with Crippen LogP contribution in [-0.2, 0) is 4.74 Å². The summed E-state index contributed by atoms with van der Waals surface area (Å²) >= 11 is 3.49. The Morgan fingerprint density at radius 1 is 1.61 bits per heavy atom. The lowest BCUT2D eigenvalue weighted by Gasteiger charge is -2.28. The summed E-state index contributed by atoms with van der Waals surface area (Å²) in [4.78, 5) is 0. The fourth-order valence-corrected chi connectivity index (χ4v) is 2.62. The van der Waals surface area contributed by atoms with Crippen molar-refractivity contribution >= 4 is 15.9 Å². The number of aliphatic hydroxyl groups is 1. The van der Waals surface area contributed by atoms with Gasteiger partial charge in [0.1, 0.15) is 5.75 Å². The maximum atomic E-state index is 9.65. The Hall–Kier alpha value is -0.620. The van der Waals surface area contributed by atoms with E-state index in [1.165, 1.54) is 0 Å². The highest BCUT2D eigenvalue weighted by Gasteiger charge is 2.23. The molecule has 0 amide bonds. The first-order valence-electron chi connectivity index (χ1n) is 6.04. The standard InChI is InChI=1S/C13H18BrNO3/c1-17-8-9(16)7-15-12-5-6-18-13-10(12)3-2-4-11(13)14/h2-4,9,12,15-16H,5-8H2,1H3. The number of hydrogen-bond acceptors (Lipinski definition) is 4. The van der Waals surface area contributed by atoms with Crippen LogP contribution in [0.25, 0.3) is 0 Å². The van der Waals surface area contributed by atoms with Crippen LogP contribution >= 0.6 is 15.9 Å². The van der Waals surface area contributed by atoms with Gasteiger partial charge in [0.05, 0.1) is 23.8 Å². The minimum absolute atomic E-state index is 0.220. The molecule has 0 aliphatic carbocycles. The van der Waals surface area contributed by atoms with Gasteiger partial charge in [-0.05, 0) is 22.0 Å². The molecule has 0 bridgehead atoms. The number of benzene rings is 1. The van der Waals surface area contributed by atoms with Crippen LogP contribution in [0.4, 0.5) is 0 Å².